The van der Waals surface area contributed by atoms with Gasteiger partial charge in [0.15, 0.2) is 10.4 Å². The number of carbonyl (C=O) groups excluding carboxylic acids is 1. The highest BCUT2D eigenvalue weighted by molar-refractivity contribution is 9.10. The van der Waals surface area contributed by atoms with Gasteiger partial charge >= 0.3 is 0 Å². The highest BCUT2D eigenvalue weighted by Gasteiger charge is 2.13. The maximum atomic E-state index is 13.1. The number of aryl methyl sites for hydroxylation is 1. The Kier molecular flexibility index (Phi) is 3.43. The van der Waals surface area contributed by atoms with Crippen LogP contribution in [0.15, 0.2) is 39.4 Å². The maximum absolute atomic E-state index is 13.1. The Labute approximate surface area is 107 Å². The first kappa shape index (κ1) is 12.0. The second-order valence-corrected chi connectivity index (χ2v) is 4.56. The second kappa shape index (κ2) is 4.84. The zero-order valence-corrected chi connectivity index (χ0v) is 10.8. The van der Waals surface area contributed by atoms with E-state index in [2.05, 4.69) is 15.9 Å². The molecule has 1 aromatic heterocycles. The molecular weight excluding hydrogens is 287 g/mol. The van der Waals surface area contributed by atoms with E-state index in [1.807, 2.05) is 6.92 Å². The van der Waals surface area contributed by atoms with Crippen molar-refractivity contribution < 1.29 is 13.6 Å². The van der Waals surface area contributed by atoms with Crippen LogP contribution in [0.4, 0.5) is 4.39 Å². The molecule has 2 rings (SSSR count). The lowest BCUT2D eigenvalue weighted by molar-refractivity contribution is 0.0965. The Hall–Kier alpha value is -1.42. The molecule has 0 aliphatic rings. The van der Waals surface area contributed by atoms with Gasteiger partial charge in [0.1, 0.15) is 5.82 Å². The van der Waals surface area contributed by atoms with Crippen molar-refractivity contribution >= 4 is 21.7 Å². The van der Waals surface area contributed by atoms with Crippen LogP contribution in [0.5, 0.6) is 0 Å². The molecule has 0 saturated carbocycles. The van der Waals surface area contributed by atoms with Crippen LogP contribution in [-0.2, 0) is 6.42 Å². The number of hydrogen-bond donors (Lipinski definition) is 0. The third-order valence-corrected chi connectivity index (χ3v) is 2.94. The summed E-state index contributed by atoms with van der Waals surface area (Å²) >= 11 is 3.13. The van der Waals surface area contributed by atoms with Crippen LogP contribution in [0, 0.1) is 12.7 Å². The SMILES string of the molecule is Cc1ccc(F)cc1CC(=O)c1ccc(Br)o1. The summed E-state index contributed by atoms with van der Waals surface area (Å²) in [6.45, 7) is 1.85. The van der Waals surface area contributed by atoms with E-state index >= 15 is 0 Å². The van der Waals surface area contributed by atoms with Crippen LogP contribution >= 0.6 is 15.9 Å². The van der Waals surface area contributed by atoms with Crippen molar-refractivity contribution in [2.45, 2.75) is 13.3 Å². The second-order valence-electron chi connectivity index (χ2n) is 3.77. The highest BCUT2D eigenvalue weighted by Crippen LogP contribution is 2.18. The Morgan fingerprint density at radius 1 is 1.35 bits per heavy atom. The van der Waals surface area contributed by atoms with E-state index in [0.717, 1.165) is 5.56 Å². The fraction of sp³-hybridized carbons (Fsp3) is 0.154. The summed E-state index contributed by atoms with van der Waals surface area (Å²) in [7, 11) is 0. The molecule has 0 radical (unpaired) electrons. The van der Waals surface area contributed by atoms with Crippen LogP contribution in [-0.4, -0.2) is 5.78 Å². The Bertz CT molecular complexity index is 560. The third-order valence-electron chi connectivity index (χ3n) is 2.51. The molecule has 0 aliphatic carbocycles. The molecule has 88 valence electrons. The molecule has 0 bridgehead atoms. The molecule has 0 unspecified atom stereocenters. The van der Waals surface area contributed by atoms with Gasteiger partial charge in [-0.25, -0.2) is 4.39 Å². The number of halogens is 2. The average molecular weight is 297 g/mol. The van der Waals surface area contributed by atoms with Crippen LogP contribution < -0.4 is 0 Å². The molecule has 2 aromatic rings. The molecule has 0 spiro atoms. The summed E-state index contributed by atoms with van der Waals surface area (Å²) in [5, 5.41) is 0. The zero-order chi connectivity index (χ0) is 12.4. The lowest BCUT2D eigenvalue weighted by Crippen LogP contribution is -2.04. The number of benzene rings is 1. The van der Waals surface area contributed by atoms with Gasteiger partial charge in [0.2, 0.25) is 5.78 Å². The van der Waals surface area contributed by atoms with Gasteiger partial charge in [-0.3, -0.25) is 4.79 Å². The standard InChI is InChI=1S/C13H10BrFO2/c1-8-2-3-10(15)6-9(8)7-11(16)12-4-5-13(14)17-12/h2-6H,7H2,1H3. The summed E-state index contributed by atoms with van der Waals surface area (Å²) in [5.74, 6) is -0.219. The summed E-state index contributed by atoms with van der Waals surface area (Å²) in [4.78, 5) is 11.9. The molecule has 4 heteroatoms. The molecule has 0 amide bonds. The Morgan fingerprint density at radius 2 is 2.12 bits per heavy atom. The van der Waals surface area contributed by atoms with E-state index in [1.165, 1.54) is 12.1 Å². The van der Waals surface area contributed by atoms with Gasteiger partial charge in [0.25, 0.3) is 0 Å². The molecule has 0 fully saturated rings. The topological polar surface area (TPSA) is 30.2 Å². The van der Waals surface area contributed by atoms with Gasteiger partial charge in [-0.15, -0.1) is 0 Å². The van der Waals surface area contributed by atoms with Gasteiger partial charge in [-0.2, -0.15) is 0 Å². The fourth-order valence-corrected chi connectivity index (χ4v) is 1.86. The first-order valence-electron chi connectivity index (χ1n) is 5.10. The first-order valence-corrected chi connectivity index (χ1v) is 5.89. The normalized spacial score (nSPS) is 10.5. The van der Waals surface area contributed by atoms with Crippen molar-refractivity contribution in [3.05, 3.63) is 57.7 Å². The van der Waals surface area contributed by atoms with Crippen molar-refractivity contribution in [3.8, 4) is 0 Å². The molecule has 1 heterocycles. The molecule has 0 atom stereocenters. The van der Waals surface area contributed by atoms with E-state index in [9.17, 15) is 9.18 Å². The smallest absolute Gasteiger partial charge is 0.202 e. The van der Waals surface area contributed by atoms with Crippen LogP contribution in [0.25, 0.3) is 0 Å². The molecule has 0 aliphatic heterocycles. The quantitative estimate of drug-likeness (QED) is 0.804. The van der Waals surface area contributed by atoms with Crippen molar-refractivity contribution in [1.82, 2.24) is 0 Å². The van der Waals surface area contributed by atoms with Gasteiger partial charge in [-0.05, 0) is 58.2 Å². The van der Waals surface area contributed by atoms with Gasteiger partial charge < -0.3 is 4.42 Å². The summed E-state index contributed by atoms with van der Waals surface area (Å²) in [5.41, 5.74) is 1.58. The number of hydrogen-bond acceptors (Lipinski definition) is 2. The molecule has 0 saturated heterocycles. The van der Waals surface area contributed by atoms with Crippen molar-refractivity contribution in [1.29, 1.82) is 0 Å². The summed E-state index contributed by atoms with van der Waals surface area (Å²) < 4.78 is 18.7. The van der Waals surface area contributed by atoms with E-state index in [4.69, 9.17) is 4.42 Å². The third kappa shape index (κ3) is 2.82. The summed E-state index contributed by atoms with van der Waals surface area (Å²) in [6, 6.07) is 7.68. The van der Waals surface area contributed by atoms with E-state index in [1.54, 1.807) is 18.2 Å². The zero-order valence-electron chi connectivity index (χ0n) is 9.17. The fourth-order valence-electron chi connectivity index (χ4n) is 1.55. The number of carbonyl (C=O) groups is 1. The van der Waals surface area contributed by atoms with Crippen molar-refractivity contribution in [2.24, 2.45) is 0 Å². The minimum absolute atomic E-state index is 0.142. The first-order chi connectivity index (χ1) is 8.06. The lowest BCUT2D eigenvalue weighted by Gasteiger charge is -2.03. The molecule has 1 aromatic carbocycles. The average Bonchev–Trinajstić information content (AvgIpc) is 2.70. The predicted molar refractivity (Wildman–Crippen MR) is 65.6 cm³/mol. The molecule has 2 nitrogen and oxygen atoms in total. The minimum atomic E-state index is -0.334. The Balaban J connectivity index is 2.21. The highest BCUT2D eigenvalue weighted by atomic mass is 79.9. The largest absolute Gasteiger partial charge is 0.446 e. The molecule has 0 N–H and O–H groups in total. The maximum Gasteiger partial charge on any atom is 0.202 e. The van der Waals surface area contributed by atoms with E-state index in [0.29, 0.717) is 10.2 Å². The number of rotatable bonds is 3. The van der Waals surface area contributed by atoms with E-state index in [-0.39, 0.29) is 23.8 Å². The van der Waals surface area contributed by atoms with Crippen LogP contribution in [0.1, 0.15) is 21.7 Å². The molecular formula is C13H10BrFO2. The summed E-state index contributed by atoms with van der Waals surface area (Å²) in [6.07, 6.45) is 0.142. The predicted octanol–water partition coefficient (Wildman–Crippen LogP) is 3.92. The van der Waals surface area contributed by atoms with Gasteiger partial charge in [0.05, 0.1) is 0 Å². The Morgan fingerprint density at radius 3 is 2.76 bits per heavy atom. The molecule has 17 heavy (non-hydrogen) atoms. The van der Waals surface area contributed by atoms with Crippen LogP contribution in [0.2, 0.25) is 0 Å². The van der Waals surface area contributed by atoms with Crippen molar-refractivity contribution in [2.75, 3.05) is 0 Å². The lowest BCUT2D eigenvalue weighted by atomic mass is 10.0. The number of ketones is 1. The van der Waals surface area contributed by atoms with Crippen LogP contribution in [0.3, 0.4) is 0 Å². The minimum Gasteiger partial charge on any atom is -0.446 e. The van der Waals surface area contributed by atoms with E-state index < -0.39 is 0 Å². The van der Waals surface area contributed by atoms with Gasteiger partial charge in [-0.1, -0.05) is 6.07 Å². The number of furan rings is 1. The monoisotopic (exact) mass is 296 g/mol. The van der Waals surface area contributed by atoms with Crippen molar-refractivity contribution in [3.63, 3.8) is 0 Å². The number of Topliss-reactive ketones (excluding diaryl/α,β-unsaturated/α-hetero) is 1. The van der Waals surface area contributed by atoms with Gasteiger partial charge in [0, 0.05) is 6.42 Å².